The normalized spacial score (nSPS) is 18.8. The summed E-state index contributed by atoms with van der Waals surface area (Å²) in [5, 5.41) is 4.29. The van der Waals surface area contributed by atoms with Crippen molar-refractivity contribution in [2.24, 2.45) is 0 Å². The molecule has 0 saturated carbocycles. The van der Waals surface area contributed by atoms with Gasteiger partial charge in [0.05, 0.1) is 17.1 Å². The Hall–Kier alpha value is -3.33. The Bertz CT molecular complexity index is 1180. The van der Waals surface area contributed by atoms with Gasteiger partial charge in [-0.3, -0.25) is 4.90 Å². The topological polar surface area (TPSA) is 109 Å². The molecule has 2 unspecified atom stereocenters. The predicted molar refractivity (Wildman–Crippen MR) is 136 cm³/mol. The molecule has 3 aromatic rings. The number of nitrogens with two attached hydrogens (primary N) is 1. The molecule has 0 radical (unpaired) electrons. The number of hydrogen-bond donors (Lipinski definition) is 2. The highest BCUT2D eigenvalue weighted by atomic mass is 35.5. The maximum absolute atomic E-state index is 12.7. The first-order valence-corrected chi connectivity index (χ1v) is 11.6. The van der Waals surface area contributed by atoms with Crippen LogP contribution in [0.1, 0.15) is 34.6 Å². The molecule has 34 heavy (non-hydrogen) atoms. The van der Waals surface area contributed by atoms with Crippen molar-refractivity contribution in [2.75, 3.05) is 29.0 Å². The highest BCUT2D eigenvalue weighted by Gasteiger charge is 2.35. The number of amides is 1. The number of rotatable bonds is 3. The number of carbonyl (C=O) groups is 1. The van der Waals surface area contributed by atoms with Gasteiger partial charge < -0.3 is 20.7 Å². The minimum Gasteiger partial charge on any atom is -0.444 e. The first-order valence-electron chi connectivity index (χ1n) is 11.2. The fraction of sp³-hybridized carbons (Fsp3) is 0.417. The molecule has 1 aliphatic rings. The van der Waals surface area contributed by atoms with Gasteiger partial charge >= 0.3 is 6.09 Å². The van der Waals surface area contributed by atoms with Crippen LogP contribution in [-0.2, 0) is 4.74 Å². The number of carbonyl (C=O) groups excluding carboxylic acids is 1. The second-order valence-electron chi connectivity index (χ2n) is 9.62. The van der Waals surface area contributed by atoms with E-state index in [9.17, 15) is 4.79 Å². The number of nitrogen functional groups attached to an aromatic ring is 1. The molecule has 3 N–H and O–H groups in total. The van der Waals surface area contributed by atoms with E-state index >= 15 is 0 Å². The van der Waals surface area contributed by atoms with Crippen molar-refractivity contribution in [3.63, 3.8) is 0 Å². The van der Waals surface area contributed by atoms with Crippen molar-refractivity contribution in [3.05, 3.63) is 41.6 Å². The van der Waals surface area contributed by atoms with Crippen LogP contribution in [0.3, 0.4) is 0 Å². The monoisotopic (exact) mass is 483 g/mol. The second kappa shape index (κ2) is 9.13. The highest BCUT2D eigenvalue weighted by molar-refractivity contribution is 6.33. The predicted octanol–water partition coefficient (Wildman–Crippen LogP) is 4.84. The molecule has 0 bridgehead atoms. The van der Waals surface area contributed by atoms with Gasteiger partial charge in [0.25, 0.3) is 0 Å². The third-order valence-corrected chi connectivity index (χ3v) is 5.86. The van der Waals surface area contributed by atoms with Crippen LogP contribution in [0, 0.1) is 0 Å². The standard InChI is InChI=1S/C24H30ClN7O2/c1-14-12-31(13-15(2)32(14)23(33)34-24(3,4)5)18-8-6-17(7-9-18)28-22-27-11-16-10-19(25)20(26)29-21(16)30-22/h6-11,14-15H,12-13H2,1-5H3,(H3,26,27,28,29,30). The van der Waals surface area contributed by atoms with Gasteiger partial charge in [-0.25, -0.2) is 14.8 Å². The van der Waals surface area contributed by atoms with E-state index in [0.29, 0.717) is 22.0 Å². The van der Waals surface area contributed by atoms with Gasteiger partial charge in [0.2, 0.25) is 5.95 Å². The van der Waals surface area contributed by atoms with Crippen molar-refractivity contribution in [1.29, 1.82) is 0 Å². The van der Waals surface area contributed by atoms with Crippen molar-refractivity contribution in [1.82, 2.24) is 19.9 Å². The molecule has 0 aliphatic carbocycles. The number of nitrogens with zero attached hydrogens (tertiary/aromatic N) is 5. The van der Waals surface area contributed by atoms with E-state index in [-0.39, 0.29) is 24.0 Å². The lowest BCUT2D eigenvalue weighted by Gasteiger charge is -2.45. The summed E-state index contributed by atoms with van der Waals surface area (Å²) in [6, 6.07) is 9.78. The van der Waals surface area contributed by atoms with E-state index in [0.717, 1.165) is 24.5 Å². The van der Waals surface area contributed by atoms with Gasteiger partial charge in [0.15, 0.2) is 5.65 Å². The van der Waals surface area contributed by atoms with Crippen LogP contribution in [0.15, 0.2) is 36.5 Å². The number of halogens is 1. The largest absolute Gasteiger partial charge is 0.444 e. The molecule has 2 aromatic heterocycles. The third-order valence-electron chi connectivity index (χ3n) is 5.56. The summed E-state index contributed by atoms with van der Waals surface area (Å²) in [6.07, 6.45) is 1.39. The molecule has 4 rings (SSSR count). The summed E-state index contributed by atoms with van der Waals surface area (Å²) in [5.41, 5.74) is 7.68. The minimum atomic E-state index is -0.513. The van der Waals surface area contributed by atoms with Gasteiger partial charge in [0, 0.05) is 36.0 Å². The van der Waals surface area contributed by atoms with Crippen LogP contribution in [0.25, 0.3) is 11.0 Å². The van der Waals surface area contributed by atoms with Crippen molar-refractivity contribution in [3.8, 4) is 0 Å². The summed E-state index contributed by atoms with van der Waals surface area (Å²) >= 11 is 6.01. The third kappa shape index (κ3) is 5.25. The molecule has 0 spiro atoms. The number of hydrogen-bond acceptors (Lipinski definition) is 8. The van der Waals surface area contributed by atoms with Crippen LogP contribution in [0.5, 0.6) is 0 Å². The first-order chi connectivity index (χ1) is 16.0. The molecule has 3 heterocycles. The van der Waals surface area contributed by atoms with E-state index in [1.165, 1.54) is 0 Å². The summed E-state index contributed by atoms with van der Waals surface area (Å²) in [6.45, 7) is 11.2. The van der Waals surface area contributed by atoms with E-state index in [1.807, 2.05) is 63.8 Å². The van der Waals surface area contributed by atoms with Gasteiger partial charge in [-0.05, 0) is 65.0 Å². The SMILES string of the molecule is CC1CN(c2ccc(Nc3ncc4cc(Cl)c(N)nc4n3)cc2)CC(C)N1C(=O)OC(C)(C)C. The summed E-state index contributed by atoms with van der Waals surface area (Å²) in [5.74, 6) is 0.654. The van der Waals surface area contributed by atoms with Crippen LogP contribution >= 0.6 is 11.6 Å². The fourth-order valence-electron chi connectivity index (χ4n) is 4.10. The molecule has 2 atom stereocenters. The van der Waals surface area contributed by atoms with Crippen molar-refractivity contribution >= 4 is 51.9 Å². The van der Waals surface area contributed by atoms with Crippen LogP contribution < -0.4 is 16.0 Å². The average molecular weight is 484 g/mol. The van der Waals surface area contributed by atoms with E-state index in [1.54, 1.807) is 12.3 Å². The Morgan fingerprint density at radius 2 is 1.79 bits per heavy atom. The molecule has 10 heteroatoms. The molecule has 180 valence electrons. The highest BCUT2D eigenvalue weighted by Crippen LogP contribution is 2.27. The zero-order valence-electron chi connectivity index (χ0n) is 20.0. The summed E-state index contributed by atoms with van der Waals surface area (Å²) in [7, 11) is 0. The Kier molecular flexibility index (Phi) is 6.40. The van der Waals surface area contributed by atoms with Crippen LogP contribution in [0.4, 0.5) is 27.9 Å². The molecule has 1 saturated heterocycles. The smallest absolute Gasteiger partial charge is 0.410 e. The number of aromatic nitrogens is 3. The van der Waals surface area contributed by atoms with Gasteiger partial charge in [-0.1, -0.05) is 11.6 Å². The second-order valence-corrected chi connectivity index (χ2v) is 10.0. The number of nitrogens with one attached hydrogen (secondary N) is 1. The molecule has 1 aromatic carbocycles. The maximum atomic E-state index is 12.7. The molecule has 9 nitrogen and oxygen atoms in total. The lowest BCUT2D eigenvalue weighted by atomic mass is 10.1. The summed E-state index contributed by atoms with van der Waals surface area (Å²) in [4.78, 5) is 29.7. The first kappa shape index (κ1) is 23.8. The Balaban J connectivity index is 1.43. The minimum absolute atomic E-state index is 0.0239. The number of ether oxygens (including phenoxy) is 1. The van der Waals surface area contributed by atoms with Crippen LogP contribution in [0.2, 0.25) is 5.02 Å². The van der Waals surface area contributed by atoms with Crippen LogP contribution in [-0.4, -0.2) is 56.7 Å². The van der Waals surface area contributed by atoms with Gasteiger partial charge in [-0.15, -0.1) is 0 Å². The number of benzene rings is 1. The quantitative estimate of drug-likeness (QED) is 0.544. The molecular formula is C24H30ClN7O2. The molecule has 1 aliphatic heterocycles. The number of anilines is 4. The fourth-order valence-corrected chi connectivity index (χ4v) is 4.26. The Labute approximate surface area is 204 Å². The molecule has 1 fully saturated rings. The van der Waals surface area contributed by atoms with E-state index < -0.39 is 5.60 Å². The van der Waals surface area contributed by atoms with E-state index in [2.05, 4.69) is 25.2 Å². The lowest BCUT2D eigenvalue weighted by molar-refractivity contribution is 0.00566. The lowest BCUT2D eigenvalue weighted by Crippen LogP contribution is -2.59. The zero-order chi connectivity index (χ0) is 24.6. The maximum Gasteiger partial charge on any atom is 0.410 e. The Morgan fingerprint density at radius 3 is 2.41 bits per heavy atom. The van der Waals surface area contributed by atoms with E-state index in [4.69, 9.17) is 22.1 Å². The Morgan fingerprint density at radius 1 is 1.15 bits per heavy atom. The summed E-state index contributed by atoms with van der Waals surface area (Å²) < 4.78 is 5.60. The van der Waals surface area contributed by atoms with Crippen molar-refractivity contribution < 1.29 is 9.53 Å². The molecule has 1 amide bonds. The zero-order valence-corrected chi connectivity index (χ0v) is 20.8. The number of pyridine rings is 1. The number of fused-ring (bicyclic) bond motifs is 1. The number of piperazine rings is 1. The molecular weight excluding hydrogens is 454 g/mol. The average Bonchev–Trinajstić information content (AvgIpc) is 2.73. The van der Waals surface area contributed by atoms with Crippen molar-refractivity contribution in [2.45, 2.75) is 52.3 Å². The van der Waals surface area contributed by atoms with Gasteiger partial charge in [0.1, 0.15) is 11.4 Å². The van der Waals surface area contributed by atoms with Gasteiger partial charge in [-0.2, -0.15) is 4.98 Å².